The topological polar surface area (TPSA) is 89.3 Å². The Hall–Kier alpha value is -2.94. The number of ether oxygens (including phenoxy) is 1. The molecule has 4 rings (SSSR count). The number of rotatable bonds is 1. The summed E-state index contributed by atoms with van der Waals surface area (Å²) in [5.74, 6) is -0.665. The average Bonchev–Trinajstić information content (AvgIpc) is 2.63. The Balaban J connectivity index is 2.13. The van der Waals surface area contributed by atoms with Crippen LogP contribution in [0.3, 0.4) is 0 Å². The molecule has 1 atom stereocenters. The van der Waals surface area contributed by atoms with Crippen molar-refractivity contribution in [3.63, 3.8) is 0 Å². The molecule has 0 amide bonds. The zero-order valence-corrected chi connectivity index (χ0v) is 14.6. The van der Waals surface area contributed by atoms with Crippen molar-refractivity contribution in [1.29, 1.82) is 5.26 Å². The molecule has 0 unspecified atom stereocenters. The summed E-state index contributed by atoms with van der Waals surface area (Å²) in [6.07, 6.45) is 0. The van der Waals surface area contributed by atoms with Crippen LogP contribution in [0, 0.1) is 11.3 Å². The van der Waals surface area contributed by atoms with Crippen LogP contribution in [0.5, 0.6) is 5.75 Å². The fraction of sp³-hybridized carbons (Fsp3) is 0.0526. The molecule has 0 aliphatic carbocycles. The second-order valence-corrected chi connectivity index (χ2v) is 6.48. The van der Waals surface area contributed by atoms with Crippen LogP contribution in [0.2, 0.25) is 10.0 Å². The van der Waals surface area contributed by atoms with Crippen molar-refractivity contribution >= 4 is 34.2 Å². The summed E-state index contributed by atoms with van der Waals surface area (Å²) in [6, 6.07) is 13.9. The first kappa shape index (κ1) is 16.5. The largest absolute Gasteiger partial charge is 0.439 e. The van der Waals surface area contributed by atoms with Gasteiger partial charge in [-0.2, -0.15) is 5.26 Å². The van der Waals surface area contributed by atoms with Gasteiger partial charge in [-0.3, -0.25) is 0 Å². The summed E-state index contributed by atoms with van der Waals surface area (Å²) in [4.78, 5) is 12.7. The Kier molecular flexibility index (Phi) is 3.87. The van der Waals surface area contributed by atoms with E-state index < -0.39 is 11.5 Å². The van der Waals surface area contributed by atoms with Crippen LogP contribution >= 0.6 is 23.2 Å². The van der Waals surface area contributed by atoms with Crippen LogP contribution in [0.15, 0.2) is 63.1 Å². The van der Waals surface area contributed by atoms with Crippen molar-refractivity contribution in [3.8, 4) is 11.8 Å². The number of halogens is 2. The highest BCUT2D eigenvalue weighted by atomic mass is 35.5. The fourth-order valence-electron chi connectivity index (χ4n) is 3.12. The molecule has 0 saturated carbocycles. The van der Waals surface area contributed by atoms with E-state index in [0.717, 1.165) is 0 Å². The van der Waals surface area contributed by atoms with Gasteiger partial charge in [0.1, 0.15) is 17.2 Å². The molecule has 0 spiro atoms. The van der Waals surface area contributed by atoms with Gasteiger partial charge < -0.3 is 14.9 Å². The first-order valence-corrected chi connectivity index (χ1v) is 8.35. The van der Waals surface area contributed by atoms with Crippen LogP contribution in [0.4, 0.5) is 0 Å². The monoisotopic (exact) mass is 384 g/mol. The molecule has 2 N–H and O–H groups in total. The van der Waals surface area contributed by atoms with E-state index in [0.29, 0.717) is 21.6 Å². The van der Waals surface area contributed by atoms with Crippen molar-refractivity contribution in [2.45, 2.75) is 5.92 Å². The van der Waals surface area contributed by atoms with E-state index in [4.69, 9.17) is 38.1 Å². The first-order chi connectivity index (χ1) is 12.5. The predicted molar refractivity (Wildman–Crippen MR) is 98.2 cm³/mol. The molecule has 0 saturated heterocycles. The van der Waals surface area contributed by atoms with E-state index in [1.54, 1.807) is 42.5 Å². The van der Waals surface area contributed by atoms with E-state index in [1.165, 1.54) is 0 Å². The molecule has 2 aromatic carbocycles. The maximum atomic E-state index is 12.7. The smallest absolute Gasteiger partial charge is 0.344 e. The number of nitriles is 1. The lowest BCUT2D eigenvalue weighted by atomic mass is 9.84. The maximum Gasteiger partial charge on any atom is 0.344 e. The van der Waals surface area contributed by atoms with E-state index in [1.807, 2.05) is 6.07 Å². The number of hydrogen-bond acceptors (Lipinski definition) is 5. The summed E-state index contributed by atoms with van der Waals surface area (Å²) in [5.41, 5.74) is 6.44. The lowest BCUT2D eigenvalue weighted by Gasteiger charge is -2.26. The molecular weight excluding hydrogens is 375 g/mol. The van der Waals surface area contributed by atoms with Gasteiger partial charge in [0.25, 0.3) is 0 Å². The van der Waals surface area contributed by atoms with E-state index in [-0.39, 0.29) is 27.8 Å². The van der Waals surface area contributed by atoms with Gasteiger partial charge in [0.2, 0.25) is 5.88 Å². The van der Waals surface area contributed by atoms with Gasteiger partial charge in [-0.05, 0) is 23.8 Å². The van der Waals surface area contributed by atoms with Gasteiger partial charge in [-0.25, -0.2) is 4.79 Å². The molecule has 2 heterocycles. The molecule has 1 aromatic heterocycles. The van der Waals surface area contributed by atoms with Crippen LogP contribution in [0.1, 0.15) is 17.0 Å². The number of nitrogens with zero attached hydrogens (tertiary/aromatic N) is 1. The average molecular weight is 385 g/mol. The molecule has 26 heavy (non-hydrogen) atoms. The van der Waals surface area contributed by atoms with Crippen molar-refractivity contribution < 1.29 is 9.15 Å². The molecule has 0 radical (unpaired) electrons. The lowest BCUT2D eigenvalue weighted by Crippen LogP contribution is -2.26. The van der Waals surface area contributed by atoms with Gasteiger partial charge in [-0.1, -0.05) is 47.5 Å². The number of benzene rings is 2. The minimum atomic E-state index is -0.837. The van der Waals surface area contributed by atoms with Gasteiger partial charge in [0.15, 0.2) is 5.75 Å². The Morgan fingerprint density at radius 3 is 2.65 bits per heavy atom. The molecule has 1 aliphatic heterocycles. The Labute approximate surface area is 157 Å². The van der Waals surface area contributed by atoms with Crippen LogP contribution < -0.4 is 16.1 Å². The summed E-state index contributed by atoms with van der Waals surface area (Å²) >= 11 is 12.5. The highest BCUT2D eigenvalue weighted by Gasteiger charge is 2.36. The SMILES string of the molecule is N#CC1=C(N)Oc2c(c(=O)oc3ccccc23)[C@@H]1c1cccc(Cl)c1Cl. The van der Waals surface area contributed by atoms with E-state index in [2.05, 4.69) is 0 Å². The third-order valence-corrected chi connectivity index (χ3v) is 5.10. The molecule has 5 nitrogen and oxygen atoms in total. The van der Waals surface area contributed by atoms with Gasteiger partial charge >= 0.3 is 5.63 Å². The van der Waals surface area contributed by atoms with E-state index >= 15 is 0 Å². The molecule has 128 valence electrons. The second-order valence-electron chi connectivity index (χ2n) is 5.70. The molecule has 3 aromatic rings. The van der Waals surface area contributed by atoms with Crippen LogP contribution in [-0.2, 0) is 0 Å². The molecule has 0 bridgehead atoms. The zero-order valence-electron chi connectivity index (χ0n) is 13.1. The normalized spacial score (nSPS) is 16.1. The van der Waals surface area contributed by atoms with Crippen molar-refractivity contribution in [1.82, 2.24) is 0 Å². The minimum Gasteiger partial charge on any atom is -0.439 e. The number of allylic oxidation sites excluding steroid dienone is 1. The Morgan fingerprint density at radius 1 is 1.12 bits per heavy atom. The van der Waals surface area contributed by atoms with Crippen LogP contribution in [-0.4, -0.2) is 0 Å². The minimum absolute atomic E-state index is 0.0734. The number of para-hydroxylation sites is 1. The molecule has 7 heteroatoms. The van der Waals surface area contributed by atoms with Crippen molar-refractivity contribution in [2.75, 3.05) is 0 Å². The van der Waals surface area contributed by atoms with Crippen molar-refractivity contribution in [2.24, 2.45) is 5.73 Å². The Morgan fingerprint density at radius 2 is 1.88 bits per heavy atom. The maximum absolute atomic E-state index is 12.7. The third kappa shape index (κ3) is 2.35. The highest BCUT2D eigenvalue weighted by molar-refractivity contribution is 6.42. The quantitative estimate of drug-likeness (QED) is 0.631. The summed E-state index contributed by atoms with van der Waals surface area (Å²) in [5, 5.41) is 10.7. The number of fused-ring (bicyclic) bond motifs is 3. The highest BCUT2D eigenvalue weighted by Crippen LogP contribution is 2.46. The van der Waals surface area contributed by atoms with Gasteiger partial charge in [0, 0.05) is 0 Å². The summed E-state index contributed by atoms with van der Waals surface area (Å²) in [7, 11) is 0. The van der Waals surface area contributed by atoms with E-state index in [9.17, 15) is 10.1 Å². The lowest BCUT2D eigenvalue weighted by molar-refractivity contribution is 0.388. The predicted octanol–water partition coefficient (Wildman–Crippen LogP) is 4.32. The standard InChI is InChI=1S/C19H10Cl2N2O3/c20-12-6-3-5-10(16(12)21)14-11(8-22)18(23)26-17-9-4-1-2-7-13(9)25-19(24)15(14)17/h1-7,14H,23H2/t14-/m1/s1. The van der Waals surface area contributed by atoms with Gasteiger partial charge in [0.05, 0.1) is 26.9 Å². The molecular formula is C19H10Cl2N2O3. The number of hydrogen-bond donors (Lipinski definition) is 1. The molecule has 0 fully saturated rings. The van der Waals surface area contributed by atoms with Crippen molar-refractivity contribution in [3.05, 3.63) is 85.5 Å². The first-order valence-electron chi connectivity index (χ1n) is 7.60. The zero-order chi connectivity index (χ0) is 18.4. The van der Waals surface area contributed by atoms with Gasteiger partial charge in [-0.15, -0.1) is 0 Å². The summed E-state index contributed by atoms with van der Waals surface area (Å²) in [6.45, 7) is 0. The fourth-order valence-corrected chi connectivity index (χ4v) is 3.54. The van der Waals surface area contributed by atoms with Crippen LogP contribution in [0.25, 0.3) is 11.0 Å². The molecule has 1 aliphatic rings. The Bertz CT molecular complexity index is 1190. The third-order valence-electron chi connectivity index (χ3n) is 4.27. The number of nitrogens with two attached hydrogens (primary N) is 1. The second kappa shape index (κ2) is 6.10. The summed E-state index contributed by atoms with van der Waals surface area (Å²) < 4.78 is 11.1.